The monoisotopic (exact) mass is 484 g/mol. The van der Waals surface area contributed by atoms with Crippen molar-refractivity contribution in [3.05, 3.63) is 36.0 Å². The summed E-state index contributed by atoms with van der Waals surface area (Å²) in [4.78, 5) is 42.0. The van der Waals surface area contributed by atoms with E-state index in [0.29, 0.717) is 76.0 Å². The van der Waals surface area contributed by atoms with E-state index < -0.39 is 11.9 Å². The van der Waals surface area contributed by atoms with Gasteiger partial charge in [0.25, 0.3) is 0 Å². The summed E-state index contributed by atoms with van der Waals surface area (Å²) in [6.45, 7) is 5.31. The van der Waals surface area contributed by atoms with Crippen LogP contribution in [0.15, 0.2) is 36.0 Å². The molecular weight excluding hydrogens is 456 g/mol. The number of carbonyl (C=O) groups excluding carboxylic acids is 2. The lowest BCUT2D eigenvalue weighted by atomic mass is 10.2. The molecule has 0 radical (unpaired) electrons. The van der Waals surface area contributed by atoms with E-state index in [-0.39, 0.29) is 5.70 Å². The van der Waals surface area contributed by atoms with E-state index in [1.54, 1.807) is 12.1 Å². The van der Waals surface area contributed by atoms with E-state index in [2.05, 4.69) is 19.9 Å². The predicted molar refractivity (Wildman–Crippen MR) is 127 cm³/mol. The summed E-state index contributed by atoms with van der Waals surface area (Å²) in [5, 5.41) is 2.89. The number of esters is 2. The quantitative estimate of drug-likeness (QED) is 0.442. The van der Waals surface area contributed by atoms with Crippen LogP contribution in [0.1, 0.15) is 0 Å². The highest BCUT2D eigenvalue weighted by molar-refractivity contribution is 5.98. The number of carbonyl (C=O) groups is 2. The number of morpholine rings is 2. The first-order valence-corrected chi connectivity index (χ1v) is 11.2. The van der Waals surface area contributed by atoms with Crippen LogP contribution in [-0.4, -0.2) is 93.7 Å². The number of methoxy groups -OCH3 is 2. The molecule has 0 saturated carbocycles. The van der Waals surface area contributed by atoms with Gasteiger partial charge in [0.15, 0.2) is 5.82 Å². The molecule has 3 heterocycles. The molecule has 12 heteroatoms. The van der Waals surface area contributed by atoms with Crippen LogP contribution < -0.4 is 15.1 Å². The van der Waals surface area contributed by atoms with Crippen molar-refractivity contribution in [2.75, 3.05) is 81.9 Å². The Morgan fingerprint density at radius 3 is 1.89 bits per heavy atom. The standard InChI is InChI=1S/C23H28N6O6/c1-32-19(30)15-18(21(31)33-2)24-17-5-3-16(4-6-17)20-25-22(28-7-11-34-12-8-28)27-23(26-20)29-9-13-35-14-10-29/h3-6,15,24H,7-14H2,1-2H3/b18-15+. The Balaban J connectivity index is 1.61. The van der Waals surface area contributed by atoms with Crippen LogP contribution in [0.3, 0.4) is 0 Å². The van der Waals surface area contributed by atoms with Crippen LogP contribution in [-0.2, 0) is 28.5 Å². The van der Waals surface area contributed by atoms with Crippen molar-refractivity contribution in [3.8, 4) is 11.4 Å². The molecule has 186 valence electrons. The number of hydrogen-bond donors (Lipinski definition) is 1. The Labute approximate surface area is 202 Å². The van der Waals surface area contributed by atoms with Crippen LogP contribution in [0.5, 0.6) is 0 Å². The fourth-order valence-electron chi connectivity index (χ4n) is 3.58. The first-order valence-electron chi connectivity index (χ1n) is 11.2. The Hall–Kier alpha value is -3.77. The summed E-state index contributed by atoms with van der Waals surface area (Å²) in [7, 11) is 2.46. The lowest BCUT2D eigenvalue weighted by Crippen LogP contribution is -2.40. The number of nitrogens with one attached hydrogen (secondary N) is 1. The van der Waals surface area contributed by atoms with Crippen molar-refractivity contribution < 1.29 is 28.5 Å². The molecule has 1 aromatic heterocycles. The van der Waals surface area contributed by atoms with E-state index in [1.807, 2.05) is 12.1 Å². The number of hydrogen-bond acceptors (Lipinski definition) is 12. The maximum absolute atomic E-state index is 12.0. The van der Waals surface area contributed by atoms with E-state index >= 15 is 0 Å². The van der Waals surface area contributed by atoms with Gasteiger partial charge in [-0.3, -0.25) is 0 Å². The van der Waals surface area contributed by atoms with E-state index in [1.165, 1.54) is 14.2 Å². The molecule has 35 heavy (non-hydrogen) atoms. The number of nitrogens with zero attached hydrogens (tertiary/aromatic N) is 5. The highest BCUT2D eigenvalue weighted by Crippen LogP contribution is 2.24. The second-order valence-corrected chi connectivity index (χ2v) is 7.73. The molecule has 2 fully saturated rings. The van der Waals surface area contributed by atoms with Gasteiger partial charge in [-0.25, -0.2) is 9.59 Å². The Morgan fingerprint density at radius 2 is 1.40 bits per heavy atom. The second-order valence-electron chi connectivity index (χ2n) is 7.73. The van der Waals surface area contributed by atoms with Crippen molar-refractivity contribution >= 4 is 29.5 Å². The van der Waals surface area contributed by atoms with Crippen LogP contribution in [0.2, 0.25) is 0 Å². The topological polar surface area (TPSA) is 128 Å². The van der Waals surface area contributed by atoms with Gasteiger partial charge in [-0.15, -0.1) is 0 Å². The highest BCUT2D eigenvalue weighted by Gasteiger charge is 2.21. The van der Waals surface area contributed by atoms with Crippen molar-refractivity contribution in [1.29, 1.82) is 0 Å². The van der Waals surface area contributed by atoms with E-state index in [0.717, 1.165) is 11.6 Å². The zero-order valence-corrected chi connectivity index (χ0v) is 19.7. The summed E-state index contributed by atoms with van der Waals surface area (Å²) < 4.78 is 20.3. The number of ether oxygens (including phenoxy) is 4. The molecular formula is C23H28N6O6. The van der Waals surface area contributed by atoms with Crippen molar-refractivity contribution in [2.45, 2.75) is 0 Å². The molecule has 0 atom stereocenters. The molecule has 2 saturated heterocycles. The largest absolute Gasteiger partial charge is 0.466 e. The van der Waals surface area contributed by atoms with Gasteiger partial charge in [-0.2, -0.15) is 15.0 Å². The Bertz CT molecular complexity index is 1030. The van der Waals surface area contributed by atoms with Gasteiger partial charge in [0, 0.05) is 37.4 Å². The van der Waals surface area contributed by atoms with Crippen LogP contribution in [0, 0.1) is 0 Å². The molecule has 2 aromatic rings. The first-order chi connectivity index (χ1) is 17.1. The van der Waals surface area contributed by atoms with Gasteiger partial charge in [-0.05, 0) is 24.3 Å². The lowest BCUT2D eigenvalue weighted by Gasteiger charge is -2.30. The molecule has 1 aromatic carbocycles. The van der Waals surface area contributed by atoms with Crippen molar-refractivity contribution in [1.82, 2.24) is 15.0 Å². The lowest BCUT2D eigenvalue weighted by molar-refractivity contribution is -0.138. The van der Waals surface area contributed by atoms with Gasteiger partial charge >= 0.3 is 11.9 Å². The maximum Gasteiger partial charge on any atom is 0.354 e. The normalized spacial score (nSPS) is 16.6. The SMILES string of the molecule is COC(=O)/C=C(/Nc1ccc(-c2nc(N3CCOCC3)nc(N3CCOCC3)n2)cc1)C(=O)OC. The van der Waals surface area contributed by atoms with Crippen LogP contribution >= 0.6 is 0 Å². The molecule has 1 N–H and O–H groups in total. The third-order valence-corrected chi connectivity index (χ3v) is 5.49. The summed E-state index contributed by atoms with van der Waals surface area (Å²) in [6.07, 6.45) is 1.04. The zero-order chi connectivity index (χ0) is 24.6. The summed E-state index contributed by atoms with van der Waals surface area (Å²) in [6, 6.07) is 7.18. The van der Waals surface area contributed by atoms with E-state index in [9.17, 15) is 9.59 Å². The Kier molecular flexibility index (Phi) is 8.06. The molecule has 4 rings (SSSR count). The number of anilines is 3. The van der Waals surface area contributed by atoms with Crippen LogP contribution in [0.4, 0.5) is 17.6 Å². The fourth-order valence-corrected chi connectivity index (χ4v) is 3.58. The minimum Gasteiger partial charge on any atom is -0.466 e. The molecule has 2 aliphatic rings. The molecule has 0 bridgehead atoms. The third-order valence-electron chi connectivity index (χ3n) is 5.49. The molecule has 0 aliphatic carbocycles. The summed E-state index contributed by atoms with van der Waals surface area (Å²) in [5.74, 6) is 0.382. The maximum atomic E-state index is 12.0. The minimum absolute atomic E-state index is 0.0449. The first kappa shape index (κ1) is 24.4. The molecule has 0 spiro atoms. The minimum atomic E-state index is -0.692. The zero-order valence-electron chi connectivity index (χ0n) is 19.7. The average molecular weight is 485 g/mol. The number of aromatic nitrogens is 3. The number of rotatable bonds is 7. The number of benzene rings is 1. The van der Waals surface area contributed by atoms with E-state index in [4.69, 9.17) is 29.2 Å². The van der Waals surface area contributed by atoms with Gasteiger partial charge in [0.05, 0.1) is 46.7 Å². The van der Waals surface area contributed by atoms with Crippen molar-refractivity contribution in [2.24, 2.45) is 0 Å². The molecule has 0 amide bonds. The highest BCUT2D eigenvalue weighted by atomic mass is 16.5. The molecule has 12 nitrogen and oxygen atoms in total. The van der Waals surface area contributed by atoms with Gasteiger partial charge in [-0.1, -0.05) is 0 Å². The van der Waals surface area contributed by atoms with Crippen LogP contribution in [0.25, 0.3) is 11.4 Å². The fraction of sp³-hybridized carbons (Fsp3) is 0.435. The van der Waals surface area contributed by atoms with Crippen molar-refractivity contribution in [3.63, 3.8) is 0 Å². The smallest absolute Gasteiger partial charge is 0.354 e. The molecule has 0 unspecified atom stereocenters. The molecule has 2 aliphatic heterocycles. The summed E-state index contributed by atoms with van der Waals surface area (Å²) >= 11 is 0. The van der Waals surface area contributed by atoms with Gasteiger partial charge < -0.3 is 34.1 Å². The average Bonchev–Trinajstić information content (AvgIpc) is 2.93. The Morgan fingerprint density at radius 1 is 0.857 bits per heavy atom. The van der Waals surface area contributed by atoms with Gasteiger partial charge in [0.2, 0.25) is 11.9 Å². The van der Waals surface area contributed by atoms with Gasteiger partial charge in [0.1, 0.15) is 5.70 Å². The predicted octanol–water partition coefficient (Wildman–Crippen LogP) is 0.854. The third kappa shape index (κ3) is 6.22. The summed E-state index contributed by atoms with van der Waals surface area (Å²) in [5.41, 5.74) is 1.31. The second kappa shape index (κ2) is 11.6.